The number of pyridine rings is 1. The number of aromatic nitrogens is 2. The van der Waals surface area contributed by atoms with Gasteiger partial charge in [0.1, 0.15) is 5.65 Å². The van der Waals surface area contributed by atoms with E-state index in [-0.39, 0.29) is 11.7 Å². The standard InChI is InChI=1S/C13H13ClN2O2/c14-10-3-4-15-13-11(10)9(6-16-13)12(17)8-2-1-5-18-7-8/h3-4,6,8H,1-2,5,7H2,(H,15,16). The number of nitrogens with zero attached hydrogens (tertiary/aromatic N) is 1. The Hall–Kier alpha value is -1.39. The summed E-state index contributed by atoms with van der Waals surface area (Å²) in [6.07, 6.45) is 5.13. The van der Waals surface area contributed by atoms with E-state index in [4.69, 9.17) is 16.3 Å². The summed E-state index contributed by atoms with van der Waals surface area (Å²) < 4.78 is 5.36. The zero-order valence-corrected chi connectivity index (χ0v) is 10.5. The van der Waals surface area contributed by atoms with Crippen LogP contribution in [0.15, 0.2) is 18.5 Å². The van der Waals surface area contributed by atoms with Crippen LogP contribution >= 0.6 is 11.6 Å². The number of Topliss-reactive ketones (excluding diaryl/α,β-unsaturated/α-hetero) is 1. The fraction of sp³-hybridized carbons (Fsp3) is 0.385. The lowest BCUT2D eigenvalue weighted by atomic mass is 9.93. The fourth-order valence-electron chi connectivity index (χ4n) is 2.38. The van der Waals surface area contributed by atoms with Gasteiger partial charge in [-0.15, -0.1) is 0 Å². The van der Waals surface area contributed by atoms with Gasteiger partial charge in [-0.25, -0.2) is 4.98 Å². The molecule has 1 fully saturated rings. The van der Waals surface area contributed by atoms with Gasteiger partial charge in [-0.2, -0.15) is 0 Å². The van der Waals surface area contributed by atoms with Gasteiger partial charge in [0.15, 0.2) is 5.78 Å². The third kappa shape index (κ3) is 1.91. The van der Waals surface area contributed by atoms with E-state index in [9.17, 15) is 4.79 Å². The van der Waals surface area contributed by atoms with Crippen molar-refractivity contribution in [3.8, 4) is 0 Å². The molecule has 2 aromatic rings. The maximum absolute atomic E-state index is 12.4. The highest BCUT2D eigenvalue weighted by Gasteiger charge is 2.25. The molecule has 0 aliphatic carbocycles. The average molecular weight is 265 g/mol. The molecule has 1 unspecified atom stereocenters. The third-order valence-electron chi connectivity index (χ3n) is 3.32. The fourth-order valence-corrected chi connectivity index (χ4v) is 2.63. The summed E-state index contributed by atoms with van der Waals surface area (Å²) in [6, 6.07) is 1.70. The summed E-state index contributed by atoms with van der Waals surface area (Å²) in [4.78, 5) is 19.6. The Bertz CT molecular complexity index is 588. The number of nitrogens with one attached hydrogen (secondary N) is 1. The minimum absolute atomic E-state index is 0.0611. The van der Waals surface area contributed by atoms with Gasteiger partial charge in [0, 0.05) is 35.9 Å². The molecule has 0 aromatic carbocycles. The minimum atomic E-state index is -0.0611. The molecule has 0 radical (unpaired) electrons. The molecule has 1 saturated heterocycles. The number of carbonyl (C=O) groups is 1. The molecule has 0 saturated carbocycles. The SMILES string of the molecule is O=C(c1c[nH]c2nccc(Cl)c12)C1CCCOC1. The number of H-pyrrole nitrogens is 1. The summed E-state index contributed by atoms with van der Waals surface area (Å²) in [7, 11) is 0. The van der Waals surface area contributed by atoms with Crippen molar-refractivity contribution in [2.75, 3.05) is 13.2 Å². The van der Waals surface area contributed by atoms with Crippen LogP contribution in [-0.4, -0.2) is 29.0 Å². The zero-order valence-electron chi connectivity index (χ0n) is 9.78. The number of hydrogen-bond donors (Lipinski definition) is 1. The summed E-state index contributed by atoms with van der Waals surface area (Å²) in [6.45, 7) is 1.25. The van der Waals surface area contributed by atoms with Crippen LogP contribution < -0.4 is 0 Å². The number of aromatic amines is 1. The van der Waals surface area contributed by atoms with Gasteiger partial charge in [0.05, 0.1) is 11.6 Å². The first-order chi connectivity index (χ1) is 8.77. The van der Waals surface area contributed by atoms with Crippen molar-refractivity contribution in [2.45, 2.75) is 12.8 Å². The number of ketones is 1. The van der Waals surface area contributed by atoms with Crippen LogP contribution in [0, 0.1) is 5.92 Å². The number of ether oxygens (including phenoxy) is 1. The number of fused-ring (bicyclic) bond motifs is 1. The van der Waals surface area contributed by atoms with Crippen LogP contribution in [0.2, 0.25) is 5.02 Å². The zero-order chi connectivity index (χ0) is 12.5. The van der Waals surface area contributed by atoms with E-state index < -0.39 is 0 Å². The van der Waals surface area contributed by atoms with Crippen LogP contribution in [0.1, 0.15) is 23.2 Å². The van der Waals surface area contributed by atoms with Crippen molar-refractivity contribution in [1.82, 2.24) is 9.97 Å². The topological polar surface area (TPSA) is 55.0 Å². The van der Waals surface area contributed by atoms with E-state index in [1.807, 2.05) is 0 Å². The molecule has 5 heteroatoms. The predicted molar refractivity (Wildman–Crippen MR) is 69.0 cm³/mol. The molecular formula is C13H13ClN2O2. The third-order valence-corrected chi connectivity index (χ3v) is 3.63. The molecule has 0 spiro atoms. The lowest BCUT2D eigenvalue weighted by molar-refractivity contribution is 0.0462. The second-order valence-electron chi connectivity index (χ2n) is 4.50. The molecule has 1 aliphatic heterocycles. The molecule has 18 heavy (non-hydrogen) atoms. The average Bonchev–Trinajstić information content (AvgIpc) is 2.84. The van der Waals surface area contributed by atoms with Gasteiger partial charge in [0.2, 0.25) is 0 Å². The Kier molecular flexibility index (Phi) is 3.06. The van der Waals surface area contributed by atoms with Gasteiger partial charge in [0.25, 0.3) is 0 Å². The number of carbonyl (C=O) groups excluding carboxylic acids is 1. The molecule has 3 rings (SSSR count). The molecular weight excluding hydrogens is 252 g/mol. The van der Waals surface area contributed by atoms with Crippen LogP contribution in [-0.2, 0) is 4.74 Å². The summed E-state index contributed by atoms with van der Waals surface area (Å²) >= 11 is 6.14. The van der Waals surface area contributed by atoms with Crippen molar-refractivity contribution < 1.29 is 9.53 Å². The monoisotopic (exact) mass is 264 g/mol. The first-order valence-corrected chi connectivity index (χ1v) is 6.38. The van der Waals surface area contributed by atoms with Crippen molar-refractivity contribution in [2.24, 2.45) is 5.92 Å². The molecule has 1 atom stereocenters. The normalized spacial score (nSPS) is 20.2. The van der Waals surface area contributed by atoms with Gasteiger partial charge in [-0.1, -0.05) is 11.6 Å². The van der Waals surface area contributed by atoms with Gasteiger partial charge in [-0.05, 0) is 18.9 Å². The molecule has 4 nitrogen and oxygen atoms in total. The molecule has 1 aliphatic rings. The highest BCUT2D eigenvalue weighted by Crippen LogP contribution is 2.28. The first-order valence-electron chi connectivity index (χ1n) is 6.01. The van der Waals surface area contributed by atoms with E-state index in [2.05, 4.69) is 9.97 Å². The van der Waals surface area contributed by atoms with E-state index in [1.54, 1.807) is 18.5 Å². The minimum Gasteiger partial charge on any atom is -0.381 e. The van der Waals surface area contributed by atoms with Crippen LogP contribution in [0.25, 0.3) is 11.0 Å². The predicted octanol–water partition coefficient (Wildman–Crippen LogP) is 2.83. The van der Waals surface area contributed by atoms with E-state index in [0.29, 0.717) is 22.8 Å². The molecule has 0 amide bonds. The summed E-state index contributed by atoms with van der Waals surface area (Å²) in [5.74, 6) is 0.0323. The maximum atomic E-state index is 12.4. The van der Waals surface area contributed by atoms with Crippen LogP contribution in [0.4, 0.5) is 0 Å². The summed E-state index contributed by atoms with van der Waals surface area (Å²) in [5, 5.41) is 1.27. The molecule has 3 heterocycles. The van der Waals surface area contributed by atoms with Crippen molar-refractivity contribution in [3.05, 3.63) is 29.0 Å². The highest BCUT2D eigenvalue weighted by atomic mass is 35.5. The lowest BCUT2D eigenvalue weighted by Crippen LogP contribution is -2.25. The Morgan fingerprint density at radius 3 is 3.22 bits per heavy atom. The van der Waals surface area contributed by atoms with Crippen molar-refractivity contribution >= 4 is 28.4 Å². The maximum Gasteiger partial charge on any atom is 0.170 e. The Morgan fingerprint density at radius 2 is 2.44 bits per heavy atom. The second-order valence-corrected chi connectivity index (χ2v) is 4.90. The van der Waals surface area contributed by atoms with Gasteiger partial charge >= 0.3 is 0 Å². The Balaban J connectivity index is 2.01. The smallest absolute Gasteiger partial charge is 0.170 e. The van der Waals surface area contributed by atoms with E-state index >= 15 is 0 Å². The molecule has 94 valence electrons. The number of rotatable bonds is 2. The van der Waals surface area contributed by atoms with Crippen molar-refractivity contribution in [1.29, 1.82) is 0 Å². The number of hydrogen-bond acceptors (Lipinski definition) is 3. The number of halogens is 1. The van der Waals surface area contributed by atoms with Crippen LogP contribution in [0.3, 0.4) is 0 Å². The molecule has 1 N–H and O–H groups in total. The lowest BCUT2D eigenvalue weighted by Gasteiger charge is -2.20. The summed E-state index contributed by atoms with van der Waals surface area (Å²) in [5.41, 5.74) is 1.28. The molecule has 2 aromatic heterocycles. The first kappa shape index (κ1) is 11.7. The van der Waals surface area contributed by atoms with Gasteiger partial charge in [-0.3, -0.25) is 4.79 Å². The van der Waals surface area contributed by atoms with Gasteiger partial charge < -0.3 is 9.72 Å². The van der Waals surface area contributed by atoms with Crippen molar-refractivity contribution in [3.63, 3.8) is 0 Å². The largest absolute Gasteiger partial charge is 0.381 e. The molecule has 0 bridgehead atoms. The quantitative estimate of drug-likeness (QED) is 0.849. The van der Waals surface area contributed by atoms with E-state index in [1.165, 1.54) is 0 Å². The Labute approximate surface area is 109 Å². The van der Waals surface area contributed by atoms with Crippen LogP contribution in [0.5, 0.6) is 0 Å². The Morgan fingerprint density at radius 1 is 1.56 bits per heavy atom. The second kappa shape index (κ2) is 4.71. The highest BCUT2D eigenvalue weighted by molar-refractivity contribution is 6.36. The van der Waals surface area contributed by atoms with E-state index in [0.717, 1.165) is 24.8 Å².